The van der Waals surface area contributed by atoms with Gasteiger partial charge in [-0.2, -0.15) is 0 Å². The average molecular weight is 277 g/mol. The van der Waals surface area contributed by atoms with Crippen LogP contribution in [-0.4, -0.2) is 28.3 Å². The zero-order valence-corrected chi connectivity index (χ0v) is 12.1. The van der Waals surface area contributed by atoms with Gasteiger partial charge in [0.1, 0.15) is 5.75 Å². The zero-order chi connectivity index (χ0) is 14.9. The Morgan fingerprint density at radius 2 is 1.80 bits per heavy atom. The number of carboxylic acids is 1. The number of carboxylic acid groups (broad SMARTS) is 1. The van der Waals surface area contributed by atoms with Crippen LogP contribution in [0.25, 0.3) is 10.9 Å². The zero-order valence-electron chi connectivity index (χ0n) is 12.1. The van der Waals surface area contributed by atoms with Crippen LogP contribution in [0.4, 0.5) is 0 Å². The predicted octanol–water partition coefficient (Wildman–Crippen LogP) is 3.44. The molecule has 0 amide bonds. The van der Waals surface area contributed by atoms with Gasteiger partial charge in [-0.1, -0.05) is 6.07 Å². The second kappa shape index (κ2) is 5.45. The van der Waals surface area contributed by atoms with Crippen LogP contribution >= 0.6 is 0 Å². The number of aromatic nitrogens is 1. The molecular weight excluding hydrogens is 258 g/mol. The molecule has 20 heavy (non-hydrogen) atoms. The Balaban J connectivity index is 2.67. The maximum absolute atomic E-state index is 11.4. The van der Waals surface area contributed by atoms with Crippen LogP contribution in [0.3, 0.4) is 0 Å². The molecule has 0 radical (unpaired) electrons. The number of aromatic carboxylic acids is 1. The molecule has 2 aromatic rings. The van der Waals surface area contributed by atoms with Gasteiger partial charge in [0.05, 0.1) is 23.1 Å². The molecule has 1 aromatic heterocycles. The normalized spacial score (nSPS) is 11.3. The fourth-order valence-corrected chi connectivity index (χ4v) is 2.04. The first-order valence-electron chi connectivity index (χ1n) is 6.61. The van der Waals surface area contributed by atoms with E-state index in [1.807, 2.05) is 45.9 Å². The summed E-state index contributed by atoms with van der Waals surface area (Å²) in [6, 6.07) is 5.44. The van der Waals surface area contributed by atoms with E-state index in [0.717, 1.165) is 0 Å². The molecule has 1 aromatic carbocycles. The van der Waals surface area contributed by atoms with Crippen molar-refractivity contribution in [3.63, 3.8) is 0 Å². The smallest absolute Gasteiger partial charge is 0.356 e. The van der Waals surface area contributed by atoms with Crippen LogP contribution in [0, 0.1) is 0 Å². The Kier molecular flexibility index (Phi) is 3.88. The van der Waals surface area contributed by atoms with Crippen LogP contribution in [0.2, 0.25) is 0 Å². The van der Waals surface area contributed by atoms with Crippen molar-refractivity contribution in [2.45, 2.75) is 39.9 Å². The summed E-state index contributed by atoms with van der Waals surface area (Å²) in [6.07, 6.45) is -0.130. The van der Waals surface area contributed by atoms with Gasteiger partial charge in [-0.3, -0.25) is 0 Å². The highest BCUT2D eigenvalue weighted by Gasteiger charge is 2.22. The molecule has 0 saturated carbocycles. The summed E-state index contributed by atoms with van der Waals surface area (Å²) in [5, 5.41) is 9.97. The molecule has 2 N–H and O–H groups in total. The summed E-state index contributed by atoms with van der Waals surface area (Å²) >= 11 is 0. The fourth-order valence-electron chi connectivity index (χ4n) is 2.04. The Morgan fingerprint density at radius 3 is 2.35 bits per heavy atom. The van der Waals surface area contributed by atoms with Crippen molar-refractivity contribution >= 4 is 16.9 Å². The molecule has 0 aliphatic carbocycles. The number of nitrogens with one attached hydrogen (secondary N) is 1. The number of carbonyl (C=O) groups is 1. The first kappa shape index (κ1) is 14.2. The topological polar surface area (TPSA) is 71.6 Å². The third kappa shape index (κ3) is 2.71. The molecule has 0 aliphatic rings. The van der Waals surface area contributed by atoms with Gasteiger partial charge in [-0.25, -0.2) is 4.79 Å². The Morgan fingerprint density at radius 1 is 1.15 bits per heavy atom. The monoisotopic (exact) mass is 277 g/mol. The summed E-state index contributed by atoms with van der Waals surface area (Å²) in [6.45, 7) is 7.56. The summed E-state index contributed by atoms with van der Waals surface area (Å²) in [4.78, 5) is 14.2. The van der Waals surface area contributed by atoms with Crippen LogP contribution in [0.15, 0.2) is 18.2 Å². The minimum absolute atomic E-state index is 0.00400. The minimum atomic E-state index is -1.05. The highest BCUT2D eigenvalue weighted by atomic mass is 16.5. The van der Waals surface area contributed by atoms with E-state index in [4.69, 9.17) is 9.47 Å². The first-order valence-corrected chi connectivity index (χ1v) is 6.61. The molecule has 0 spiro atoms. The molecule has 2 rings (SSSR count). The van der Waals surface area contributed by atoms with E-state index in [-0.39, 0.29) is 17.9 Å². The number of H-pyrrole nitrogens is 1. The number of rotatable bonds is 5. The first-order chi connectivity index (χ1) is 9.40. The van der Waals surface area contributed by atoms with Crippen LogP contribution in [-0.2, 0) is 0 Å². The lowest BCUT2D eigenvalue weighted by Crippen LogP contribution is -2.10. The summed E-state index contributed by atoms with van der Waals surface area (Å²) in [5.41, 5.74) is 0.740. The summed E-state index contributed by atoms with van der Waals surface area (Å²) < 4.78 is 11.4. The quantitative estimate of drug-likeness (QED) is 0.878. The highest BCUT2D eigenvalue weighted by molar-refractivity contribution is 6.02. The molecule has 5 heteroatoms. The van der Waals surface area contributed by atoms with Gasteiger partial charge in [-0.15, -0.1) is 0 Å². The lowest BCUT2D eigenvalue weighted by atomic mass is 10.2. The van der Waals surface area contributed by atoms with E-state index in [2.05, 4.69) is 4.98 Å². The molecule has 108 valence electrons. The number of benzene rings is 1. The van der Waals surface area contributed by atoms with Gasteiger partial charge < -0.3 is 19.6 Å². The van der Waals surface area contributed by atoms with E-state index in [9.17, 15) is 9.90 Å². The Bertz CT molecular complexity index is 628. The van der Waals surface area contributed by atoms with Gasteiger partial charge in [0.15, 0.2) is 11.4 Å². The van der Waals surface area contributed by atoms with Crippen LogP contribution in [0.1, 0.15) is 38.2 Å². The van der Waals surface area contributed by atoms with Crippen molar-refractivity contribution in [2.75, 3.05) is 0 Å². The van der Waals surface area contributed by atoms with Gasteiger partial charge >= 0.3 is 5.97 Å². The van der Waals surface area contributed by atoms with Crippen molar-refractivity contribution in [3.05, 3.63) is 23.9 Å². The number of fused-ring (bicyclic) bond motifs is 1. The maximum Gasteiger partial charge on any atom is 0.356 e. The second-order valence-corrected chi connectivity index (χ2v) is 5.15. The van der Waals surface area contributed by atoms with Crippen molar-refractivity contribution in [2.24, 2.45) is 0 Å². The Hall–Kier alpha value is -2.17. The van der Waals surface area contributed by atoms with Gasteiger partial charge in [0.2, 0.25) is 0 Å². The molecule has 0 fully saturated rings. The van der Waals surface area contributed by atoms with Crippen molar-refractivity contribution in [3.8, 4) is 11.5 Å². The lowest BCUT2D eigenvalue weighted by Gasteiger charge is -2.14. The van der Waals surface area contributed by atoms with E-state index in [1.165, 1.54) is 0 Å². The van der Waals surface area contributed by atoms with E-state index >= 15 is 0 Å². The van der Waals surface area contributed by atoms with Gasteiger partial charge in [-0.05, 0) is 39.8 Å². The second-order valence-electron chi connectivity index (χ2n) is 5.15. The standard InChI is InChI=1S/C15H19NO4/c1-8(2)19-11-7-5-6-10-12(11)14(20-9(3)4)13(16-10)15(17)18/h5-9,16H,1-4H3,(H,17,18). The van der Waals surface area contributed by atoms with E-state index < -0.39 is 5.97 Å². The SMILES string of the molecule is CC(C)Oc1cccc2[nH]c(C(=O)O)c(OC(C)C)c12. The molecule has 0 saturated heterocycles. The Labute approximate surface area is 117 Å². The van der Waals surface area contributed by atoms with Crippen molar-refractivity contribution in [1.82, 2.24) is 4.98 Å². The van der Waals surface area contributed by atoms with E-state index in [1.54, 1.807) is 0 Å². The minimum Gasteiger partial charge on any atom is -0.490 e. The number of aromatic amines is 1. The van der Waals surface area contributed by atoms with Crippen LogP contribution in [0.5, 0.6) is 11.5 Å². The van der Waals surface area contributed by atoms with Crippen molar-refractivity contribution in [1.29, 1.82) is 0 Å². The number of ether oxygens (including phenoxy) is 2. The van der Waals surface area contributed by atoms with E-state index in [0.29, 0.717) is 22.4 Å². The number of hydrogen-bond acceptors (Lipinski definition) is 3. The lowest BCUT2D eigenvalue weighted by molar-refractivity contribution is 0.0685. The van der Waals surface area contributed by atoms with Crippen LogP contribution < -0.4 is 9.47 Å². The molecule has 0 unspecified atom stereocenters. The van der Waals surface area contributed by atoms with Crippen molar-refractivity contribution < 1.29 is 19.4 Å². The predicted molar refractivity (Wildman–Crippen MR) is 76.8 cm³/mol. The molecule has 0 bridgehead atoms. The molecule has 0 atom stereocenters. The number of hydrogen-bond donors (Lipinski definition) is 2. The third-order valence-corrected chi connectivity index (χ3v) is 2.67. The van der Waals surface area contributed by atoms with Gasteiger partial charge in [0, 0.05) is 0 Å². The average Bonchev–Trinajstić information content (AvgIpc) is 2.68. The molecule has 0 aliphatic heterocycles. The third-order valence-electron chi connectivity index (χ3n) is 2.67. The molecule has 1 heterocycles. The highest BCUT2D eigenvalue weighted by Crippen LogP contribution is 2.38. The summed E-state index contributed by atoms with van der Waals surface area (Å²) in [5.74, 6) is -0.0944. The fraction of sp³-hybridized carbons (Fsp3) is 0.400. The largest absolute Gasteiger partial charge is 0.490 e. The molecular formula is C15H19NO4. The van der Waals surface area contributed by atoms with Gasteiger partial charge in [0.25, 0.3) is 0 Å². The summed E-state index contributed by atoms with van der Waals surface area (Å²) in [7, 11) is 0. The molecule has 5 nitrogen and oxygen atoms in total. The maximum atomic E-state index is 11.4.